The van der Waals surface area contributed by atoms with Crippen LogP contribution >= 0.6 is 0 Å². The Morgan fingerprint density at radius 3 is 2.55 bits per heavy atom. The molecular weight excluding hydrogens is 280 g/mol. The molecule has 0 spiro atoms. The zero-order valence-corrected chi connectivity index (χ0v) is 13.0. The van der Waals surface area contributed by atoms with Gasteiger partial charge in [-0.1, -0.05) is 18.2 Å². The van der Waals surface area contributed by atoms with Gasteiger partial charge in [0.25, 0.3) is 0 Å². The summed E-state index contributed by atoms with van der Waals surface area (Å²) in [5.41, 5.74) is 1.66. The third-order valence-electron chi connectivity index (χ3n) is 3.54. The molecule has 1 amide bonds. The van der Waals surface area contributed by atoms with E-state index in [0.29, 0.717) is 11.3 Å². The fourth-order valence-electron chi connectivity index (χ4n) is 2.72. The Morgan fingerprint density at radius 2 is 1.91 bits per heavy atom. The number of benzene rings is 1. The molecule has 2 heterocycles. The molecule has 2 aromatic heterocycles. The Hall–Kier alpha value is -2.63. The van der Waals surface area contributed by atoms with Crippen molar-refractivity contribution in [1.82, 2.24) is 14.6 Å². The maximum Gasteiger partial charge on any atom is 0.427 e. The van der Waals surface area contributed by atoms with Gasteiger partial charge in [-0.3, -0.25) is 4.98 Å². The summed E-state index contributed by atoms with van der Waals surface area (Å²) in [6, 6.07) is 7.67. The van der Waals surface area contributed by atoms with Crippen LogP contribution in [0.4, 0.5) is 4.79 Å². The largest absolute Gasteiger partial charge is 0.464 e. The number of carboxylic acid groups (broad SMARTS) is 1. The Bertz CT molecular complexity index is 877. The van der Waals surface area contributed by atoms with Crippen LogP contribution < -0.4 is 5.01 Å². The highest BCUT2D eigenvalue weighted by atomic mass is 16.4. The van der Waals surface area contributed by atoms with E-state index < -0.39 is 11.6 Å². The van der Waals surface area contributed by atoms with E-state index in [-0.39, 0.29) is 0 Å². The predicted molar refractivity (Wildman–Crippen MR) is 85.8 cm³/mol. The van der Waals surface area contributed by atoms with Gasteiger partial charge >= 0.3 is 6.09 Å². The zero-order chi connectivity index (χ0) is 16.1. The van der Waals surface area contributed by atoms with Gasteiger partial charge in [0.15, 0.2) is 0 Å². The SMILES string of the molecule is Cc1nc2cnc3ccccc3c2n1N(C(=O)O)C(C)(C)C. The molecule has 0 saturated heterocycles. The summed E-state index contributed by atoms with van der Waals surface area (Å²) in [6.45, 7) is 7.37. The number of imidazole rings is 1. The molecule has 1 aromatic carbocycles. The van der Waals surface area contributed by atoms with E-state index in [4.69, 9.17) is 0 Å². The third kappa shape index (κ3) is 2.07. The maximum absolute atomic E-state index is 11.8. The Balaban J connectivity index is 2.45. The number of aryl methyl sites for hydroxylation is 1. The molecule has 0 aliphatic rings. The second-order valence-electron chi connectivity index (χ2n) is 6.25. The summed E-state index contributed by atoms with van der Waals surface area (Å²) >= 11 is 0. The van der Waals surface area contributed by atoms with E-state index in [1.165, 1.54) is 5.01 Å². The van der Waals surface area contributed by atoms with Crippen molar-refractivity contribution in [3.63, 3.8) is 0 Å². The van der Waals surface area contributed by atoms with Crippen LogP contribution in [0.1, 0.15) is 26.6 Å². The summed E-state index contributed by atoms with van der Waals surface area (Å²) in [5.74, 6) is 0.616. The molecule has 0 saturated carbocycles. The summed E-state index contributed by atoms with van der Waals surface area (Å²) in [5, 5.41) is 11.9. The lowest BCUT2D eigenvalue weighted by atomic mass is 10.1. The molecule has 0 atom stereocenters. The monoisotopic (exact) mass is 298 g/mol. The average Bonchev–Trinajstić information content (AvgIpc) is 2.74. The highest BCUT2D eigenvalue weighted by Gasteiger charge is 2.31. The highest BCUT2D eigenvalue weighted by Crippen LogP contribution is 2.27. The van der Waals surface area contributed by atoms with Crippen LogP contribution in [0.2, 0.25) is 0 Å². The molecule has 0 fully saturated rings. The van der Waals surface area contributed by atoms with Gasteiger partial charge in [-0.2, -0.15) is 0 Å². The topological polar surface area (TPSA) is 71.2 Å². The number of nitrogens with zero attached hydrogens (tertiary/aromatic N) is 4. The fourth-order valence-corrected chi connectivity index (χ4v) is 2.72. The van der Waals surface area contributed by atoms with Crippen molar-refractivity contribution in [3.05, 3.63) is 36.3 Å². The number of carbonyl (C=O) groups is 1. The van der Waals surface area contributed by atoms with Crippen LogP contribution in [0.3, 0.4) is 0 Å². The summed E-state index contributed by atoms with van der Waals surface area (Å²) in [4.78, 5) is 20.7. The highest BCUT2D eigenvalue weighted by molar-refractivity contribution is 6.03. The molecule has 114 valence electrons. The van der Waals surface area contributed by atoms with Crippen LogP contribution in [0, 0.1) is 6.92 Å². The number of fused-ring (bicyclic) bond motifs is 3. The lowest BCUT2D eigenvalue weighted by molar-refractivity contribution is 0.185. The lowest BCUT2D eigenvalue weighted by Crippen LogP contribution is -2.52. The molecule has 3 aromatic rings. The summed E-state index contributed by atoms with van der Waals surface area (Å²) in [7, 11) is 0. The van der Waals surface area contributed by atoms with E-state index in [9.17, 15) is 9.90 Å². The first-order chi connectivity index (χ1) is 10.3. The van der Waals surface area contributed by atoms with Crippen molar-refractivity contribution in [3.8, 4) is 0 Å². The molecule has 0 aliphatic heterocycles. The van der Waals surface area contributed by atoms with Gasteiger partial charge in [0.05, 0.1) is 17.3 Å². The predicted octanol–water partition coefficient (Wildman–Crippen LogP) is 3.31. The van der Waals surface area contributed by atoms with Gasteiger partial charge < -0.3 is 5.11 Å². The van der Waals surface area contributed by atoms with Crippen LogP contribution in [0.5, 0.6) is 0 Å². The number of amides is 1. The second kappa shape index (κ2) is 4.69. The van der Waals surface area contributed by atoms with Crippen molar-refractivity contribution < 1.29 is 9.90 Å². The molecule has 22 heavy (non-hydrogen) atoms. The van der Waals surface area contributed by atoms with Crippen molar-refractivity contribution in [2.75, 3.05) is 5.01 Å². The normalized spacial score (nSPS) is 12.0. The minimum atomic E-state index is -1.02. The number of aromatic nitrogens is 3. The standard InChI is InChI=1S/C16H18N4O2/c1-10-18-13-9-17-12-8-6-5-7-11(12)14(13)19(10)20(15(21)22)16(2,3)4/h5-9H,1-4H3,(H,21,22). The van der Waals surface area contributed by atoms with Gasteiger partial charge in [0, 0.05) is 5.39 Å². The number of hydrogen-bond acceptors (Lipinski definition) is 3. The second-order valence-corrected chi connectivity index (χ2v) is 6.25. The van der Waals surface area contributed by atoms with E-state index in [1.54, 1.807) is 17.8 Å². The number of para-hydroxylation sites is 1. The first-order valence-corrected chi connectivity index (χ1v) is 7.07. The van der Waals surface area contributed by atoms with Crippen LogP contribution in [-0.4, -0.2) is 31.4 Å². The van der Waals surface area contributed by atoms with Gasteiger partial charge in [0.1, 0.15) is 16.9 Å². The maximum atomic E-state index is 11.8. The van der Waals surface area contributed by atoms with E-state index in [2.05, 4.69) is 9.97 Å². The van der Waals surface area contributed by atoms with Crippen LogP contribution in [-0.2, 0) is 0 Å². The number of pyridine rings is 1. The molecule has 0 unspecified atom stereocenters. The molecule has 6 heteroatoms. The Morgan fingerprint density at radius 1 is 1.23 bits per heavy atom. The Labute approximate surface area is 128 Å². The summed E-state index contributed by atoms with van der Waals surface area (Å²) < 4.78 is 1.67. The van der Waals surface area contributed by atoms with Crippen molar-refractivity contribution in [2.45, 2.75) is 33.2 Å². The van der Waals surface area contributed by atoms with Crippen molar-refractivity contribution in [1.29, 1.82) is 0 Å². The van der Waals surface area contributed by atoms with Crippen molar-refractivity contribution >= 4 is 28.0 Å². The number of hydrogen-bond donors (Lipinski definition) is 1. The molecule has 3 rings (SSSR count). The number of rotatable bonds is 1. The molecular formula is C16H18N4O2. The van der Waals surface area contributed by atoms with Crippen LogP contribution in [0.15, 0.2) is 30.5 Å². The van der Waals surface area contributed by atoms with Gasteiger partial charge in [-0.05, 0) is 33.8 Å². The molecule has 6 nitrogen and oxygen atoms in total. The molecule has 0 radical (unpaired) electrons. The zero-order valence-electron chi connectivity index (χ0n) is 13.0. The van der Waals surface area contributed by atoms with Crippen LogP contribution in [0.25, 0.3) is 21.9 Å². The molecule has 0 bridgehead atoms. The van der Waals surface area contributed by atoms with Gasteiger partial charge in [-0.15, -0.1) is 0 Å². The first kappa shape index (κ1) is 14.3. The van der Waals surface area contributed by atoms with Gasteiger partial charge in [-0.25, -0.2) is 19.5 Å². The minimum absolute atomic E-state index is 0.603. The minimum Gasteiger partial charge on any atom is -0.464 e. The van der Waals surface area contributed by atoms with E-state index in [0.717, 1.165) is 16.4 Å². The van der Waals surface area contributed by atoms with E-state index in [1.807, 2.05) is 45.0 Å². The Kier molecular flexibility index (Phi) is 3.05. The summed E-state index contributed by atoms with van der Waals surface area (Å²) in [6.07, 6.45) is 0.667. The smallest absolute Gasteiger partial charge is 0.427 e. The third-order valence-corrected chi connectivity index (χ3v) is 3.54. The molecule has 0 aliphatic carbocycles. The quantitative estimate of drug-likeness (QED) is 0.748. The van der Waals surface area contributed by atoms with E-state index >= 15 is 0 Å². The van der Waals surface area contributed by atoms with Gasteiger partial charge in [0.2, 0.25) is 0 Å². The average molecular weight is 298 g/mol. The van der Waals surface area contributed by atoms with Crippen molar-refractivity contribution in [2.24, 2.45) is 0 Å². The molecule has 1 N–H and O–H groups in total. The first-order valence-electron chi connectivity index (χ1n) is 7.07. The lowest BCUT2D eigenvalue weighted by Gasteiger charge is -2.34. The fraction of sp³-hybridized carbons (Fsp3) is 0.312.